The summed E-state index contributed by atoms with van der Waals surface area (Å²) in [6, 6.07) is 4.70. The molecule has 0 heterocycles. The van der Waals surface area contributed by atoms with Gasteiger partial charge in [0.15, 0.2) is 0 Å². The summed E-state index contributed by atoms with van der Waals surface area (Å²) >= 11 is 5.89. The molecule has 0 aliphatic carbocycles. The van der Waals surface area contributed by atoms with Crippen LogP contribution < -0.4 is 5.73 Å². The fraction of sp³-hybridized carbons (Fsp3) is 0.385. The quantitative estimate of drug-likeness (QED) is 0.851. The number of nitrogens with zero attached hydrogens (tertiary/aromatic N) is 2. The Hall–Kier alpha value is -1.75. The van der Waals surface area contributed by atoms with Crippen molar-refractivity contribution in [3.05, 3.63) is 28.8 Å². The molecule has 6 heteroatoms. The van der Waals surface area contributed by atoms with Crippen LogP contribution >= 0.6 is 11.6 Å². The highest BCUT2D eigenvalue weighted by Gasteiger charge is 2.18. The molecule has 104 valence electrons. The van der Waals surface area contributed by atoms with E-state index in [0.717, 1.165) is 0 Å². The first-order valence-electron chi connectivity index (χ1n) is 5.91. The van der Waals surface area contributed by atoms with Crippen molar-refractivity contribution in [3.8, 4) is 0 Å². The van der Waals surface area contributed by atoms with Crippen LogP contribution in [-0.4, -0.2) is 48.8 Å². The minimum atomic E-state index is -0.236. The number of rotatable bonds is 4. The van der Waals surface area contributed by atoms with Crippen LogP contribution in [0.15, 0.2) is 18.2 Å². The van der Waals surface area contributed by atoms with Gasteiger partial charge in [0.25, 0.3) is 5.91 Å². The van der Waals surface area contributed by atoms with Gasteiger partial charge in [-0.25, -0.2) is 0 Å². The maximum Gasteiger partial charge on any atom is 0.254 e. The van der Waals surface area contributed by atoms with E-state index in [1.807, 2.05) is 6.92 Å². The molecule has 0 aromatic heterocycles. The van der Waals surface area contributed by atoms with E-state index in [0.29, 0.717) is 22.8 Å². The van der Waals surface area contributed by atoms with Crippen LogP contribution in [0.2, 0.25) is 5.02 Å². The topological polar surface area (TPSA) is 66.6 Å². The Balaban J connectivity index is 2.89. The smallest absolute Gasteiger partial charge is 0.254 e. The zero-order chi connectivity index (χ0) is 14.6. The second-order valence-electron chi connectivity index (χ2n) is 4.34. The van der Waals surface area contributed by atoms with Gasteiger partial charge in [-0.05, 0) is 25.1 Å². The zero-order valence-corrected chi connectivity index (χ0v) is 12.1. The molecule has 0 saturated heterocycles. The number of benzene rings is 1. The van der Waals surface area contributed by atoms with Crippen molar-refractivity contribution < 1.29 is 9.59 Å². The molecule has 1 aromatic rings. The van der Waals surface area contributed by atoms with E-state index in [-0.39, 0.29) is 18.4 Å². The van der Waals surface area contributed by atoms with Gasteiger partial charge in [-0.15, -0.1) is 0 Å². The van der Waals surface area contributed by atoms with Crippen LogP contribution in [0.3, 0.4) is 0 Å². The van der Waals surface area contributed by atoms with Gasteiger partial charge in [-0.2, -0.15) is 0 Å². The van der Waals surface area contributed by atoms with E-state index >= 15 is 0 Å². The van der Waals surface area contributed by atoms with Crippen LogP contribution in [-0.2, 0) is 4.79 Å². The van der Waals surface area contributed by atoms with Gasteiger partial charge in [0.05, 0.1) is 17.3 Å². The molecule has 5 nitrogen and oxygen atoms in total. The van der Waals surface area contributed by atoms with E-state index in [2.05, 4.69) is 0 Å². The number of halogens is 1. The molecule has 19 heavy (non-hydrogen) atoms. The van der Waals surface area contributed by atoms with E-state index < -0.39 is 0 Å². The number of amides is 2. The van der Waals surface area contributed by atoms with Crippen LogP contribution in [0.25, 0.3) is 0 Å². The van der Waals surface area contributed by atoms with Crippen molar-refractivity contribution in [3.63, 3.8) is 0 Å². The summed E-state index contributed by atoms with van der Waals surface area (Å²) in [5.41, 5.74) is 6.45. The lowest BCUT2D eigenvalue weighted by molar-refractivity contribution is -0.129. The number of likely N-dealkylation sites (N-methyl/N-ethyl adjacent to an activating group) is 2. The van der Waals surface area contributed by atoms with Crippen molar-refractivity contribution in [2.75, 3.05) is 32.9 Å². The summed E-state index contributed by atoms with van der Waals surface area (Å²) < 4.78 is 0. The van der Waals surface area contributed by atoms with Crippen LogP contribution in [0.5, 0.6) is 0 Å². The first-order chi connectivity index (χ1) is 8.86. The molecule has 0 saturated carbocycles. The number of hydrogen-bond donors (Lipinski definition) is 1. The summed E-state index contributed by atoms with van der Waals surface area (Å²) in [7, 11) is 3.31. The first kappa shape index (κ1) is 15.3. The van der Waals surface area contributed by atoms with E-state index in [4.69, 9.17) is 17.3 Å². The summed E-state index contributed by atoms with van der Waals surface area (Å²) in [6.07, 6.45) is 0. The molecule has 0 aliphatic heterocycles. The van der Waals surface area contributed by atoms with Gasteiger partial charge in [0, 0.05) is 26.2 Å². The molecule has 0 aliphatic rings. The molecule has 2 N–H and O–H groups in total. The van der Waals surface area contributed by atoms with Gasteiger partial charge >= 0.3 is 0 Å². The number of anilines is 1. The van der Waals surface area contributed by atoms with Gasteiger partial charge in [-0.1, -0.05) is 11.6 Å². The van der Waals surface area contributed by atoms with E-state index in [9.17, 15) is 9.59 Å². The molecule has 2 amide bonds. The lowest BCUT2D eigenvalue weighted by Gasteiger charge is -2.22. The molecular weight excluding hydrogens is 266 g/mol. The SMILES string of the molecule is CCN(CC(=O)N(C)C)C(=O)c1ccc(N)c(Cl)c1. The second kappa shape index (κ2) is 6.43. The van der Waals surface area contributed by atoms with Gasteiger partial charge in [0.1, 0.15) is 0 Å². The lowest BCUT2D eigenvalue weighted by Crippen LogP contribution is -2.40. The van der Waals surface area contributed by atoms with Crippen LogP contribution in [0, 0.1) is 0 Å². The Labute approximate surface area is 117 Å². The van der Waals surface area contributed by atoms with Crippen molar-refractivity contribution in [1.29, 1.82) is 0 Å². The summed E-state index contributed by atoms with van der Waals surface area (Å²) in [5, 5.41) is 0.334. The van der Waals surface area contributed by atoms with Crippen LogP contribution in [0.1, 0.15) is 17.3 Å². The van der Waals surface area contributed by atoms with Gasteiger partial charge < -0.3 is 15.5 Å². The number of nitrogen functional groups attached to an aromatic ring is 1. The third-order valence-electron chi connectivity index (χ3n) is 2.74. The number of carbonyl (C=O) groups excluding carboxylic acids is 2. The van der Waals surface area contributed by atoms with E-state index in [1.165, 1.54) is 15.9 Å². The monoisotopic (exact) mass is 283 g/mol. The van der Waals surface area contributed by atoms with Crippen molar-refractivity contribution in [1.82, 2.24) is 9.80 Å². The van der Waals surface area contributed by atoms with Gasteiger partial charge in [0.2, 0.25) is 5.91 Å². The maximum atomic E-state index is 12.3. The zero-order valence-electron chi connectivity index (χ0n) is 11.3. The predicted molar refractivity (Wildman–Crippen MR) is 76.1 cm³/mol. The minimum Gasteiger partial charge on any atom is -0.398 e. The maximum absolute atomic E-state index is 12.3. The molecule has 1 rings (SSSR count). The minimum absolute atomic E-state index is 0.0460. The summed E-state index contributed by atoms with van der Waals surface area (Å²) in [4.78, 5) is 26.8. The molecule has 0 fully saturated rings. The molecule has 0 spiro atoms. The largest absolute Gasteiger partial charge is 0.398 e. The molecule has 0 radical (unpaired) electrons. The van der Waals surface area contributed by atoms with Crippen molar-refractivity contribution in [2.24, 2.45) is 0 Å². The Bertz CT molecular complexity index is 489. The average molecular weight is 284 g/mol. The molecule has 0 atom stereocenters. The van der Waals surface area contributed by atoms with Crippen LogP contribution in [0.4, 0.5) is 5.69 Å². The summed E-state index contributed by atoms with van der Waals surface area (Å²) in [5.74, 6) is -0.364. The fourth-order valence-electron chi connectivity index (χ4n) is 1.47. The van der Waals surface area contributed by atoms with Crippen molar-refractivity contribution in [2.45, 2.75) is 6.92 Å². The number of carbonyl (C=O) groups is 2. The lowest BCUT2D eigenvalue weighted by atomic mass is 10.2. The second-order valence-corrected chi connectivity index (χ2v) is 4.75. The molecular formula is C13H18ClN3O2. The first-order valence-corrected chi connectivity index (χ1v) is 6.29. The highest BCUT2D eigenvalue weighted by molar-refractivity contribution is 6.33. The Morgan fingerprint density at radius 2 is 1.95 bits per heavy atom. The standard InChI is InChI=1S/C13H18ClN3O2/c1-4-17(8-12(18)16(2)3)13(19)9-5-6-11(15)10(14)7-9/h5-7H,4,8,15H2,1-3H3. The Kier molecular flexibility index (Phi) is 5.18. The third kappa shape index (κ3) is 3.86. The Morgan fingerprint density at radius 3 is 2.42 bits per heavy atom. The highest BCUT2D eigenvalue weighted by Crippen LogP contribution is 2.20. The van der Waals surface area contributed by atoms with Crippen molar-refractivity contribution >= 4 is 29.1 Å². The average Bonchev–Trinajstić information content (AvgIpc) is 2.37. The Morgan fingerprint density at radius 1 is 1.32 bits per heavy atom. The number of hydrogen-bond acceptors (Lipinski definition) is 3. The highest BCUT2D eigenvalue weighted by atomic mass is 35.5. The third-order valence-corrected chi connectivity index (χ3v) is 3.07. The number of nitrogens with two attached hydrogens (primary N) is 1. The summed E-state index contributed by atoms with van der Waals surface area (Å²) in [6.45, 7) is 2.31. The normalized spacial score (nSPS) is 10.1. The molecule has 0 unspecified atom stereocenters. The fourth-order valence-corrected chi connectivity index (χ4v) is 1.66. The van der Waals surface area contributed by atoms with Gasteiger partial charge in [-0.3, -0.25) is 9.59 Å². The van der Waals surface area contributed by atoms with E-state index in [1.54, 1.807) is 26.2 Å². The molecule has 0 bridgehead atoms. The molecule has 1 aromatic carbocycles. The predicted octanol–water partition coefficient (Wildman–Crippen LogP) is 1.47.